The first-order valence-corrected chi connectivity index (χ1v) is 5.20. The molecule has 0 amide bonds. The fraction of sp³-hybridized carbons (Fsp3) is 0.500. The van der Waals surface area contributed by atoms with Gasteiger partial charge in [0.1, 0.15) is 0 Å². The number of hydrogen-bond acceptors (Lipinski definition) is 1. The van der Waals surface area contributed by atoms with Gasteiger partial charge in [-0.3, -0.25) is 0 Å². The lowest BCUT2D eigenvalue weighted by Crippen LogP contribution is -2.29. The Hall–Kier alpha value is -0.820. The highest BCUT2D eigenvalue weighted by Gasteiger charge is 2.13. The van der Waals surface area contributed by atoms with Crippen LogP contribution in [0.5, 0.6) is 0 Å². The summed E-state index contributed by atoms with van der Waals surface area (Å²) in [4.78, 5) is 0. The third-order valence-electron chi connectivity index (χ3n) is 2.90. The molecule has 0 fully saturated rings. The molecule has 70 valence electrons. The molecule has 0 aliphatic carbocycles. The van der Waals surface area contributed by atoms with E-state index in [1.807, 2.05) is 0 Å². The fourth-order valence-corrected chi connectivity index (χ4v) is 2.04. The van der Waals surface area contributed by atoms with Crippen LogP contribution >= 0.6 is 0 Å². The van der Waals surface area contributed by atoms with Gasteiger partial charge in [0.15, 0.2) is 0 Å². The fourth-order valence-electron chi connectivity index (χ4n) is 2.04. The first-order chi connectivity index (χ1) is 6.40. The predicted octanol–water partition coefficient (Wildman–Crippen LogP) is 2.15. The molecular formula is C12H17N. The van der Waals surface area contributed by atoms with Gasteiger partial charge in [-0.15, -0.1) is 0 Å². The van der Waals surface area contributed by atoms with E-state index in [2.05, 4.69) is 36.5 Å². The molecular weight excluding hydrogens is 158 g/mol. The number of nitrogens with one attached hydrogen (secondary N) is 1. The van der Waals surface area contributed by atoms with Gasteiger partial charge >= 0.3 is 0 Å². The molecule has 0 bridgehead atoms. The van der Waals surface area contributed by atoms with Crippen LogP contribution in [0, 0.1) is 0 Å². The van der Waals surface area contributed by atoms with Crippen molar-refractivity contribution in [2.45, 2.75) is 32.2 Å². The van der Waals surface area contributed by atoms with E-state index >= 15 is 0 Å². The van der Waals surface area contributed by atoms with Crippen molar-refractivity contribution < 1.29 is 0 Å². The first-order valence-electron chi connectivity index (χ1n) is 5.20. The highest BCUT2D eigenvalue weighted by atomic mass is 14.9. The second kappa shape index (κ2) is 3.93. The van der Waals surface area contributed by atoms with E-state index in [1.54, 1.807) is 5.56 Å². The minimum atomic E-state index is 0.684. The summed E-state index contributed by atoms with van der Waals surface area (Å²) >= 11 is 0. The average Bonchev–Trinajstić information content (AvgIpc) is 2.38. The van der Waals surface area contributed by atoms with Gasteiger partial charge in [0.2, 0.25) is 0 Å². The molecule has 1 aromatic carbocycles. The molecule has 1 nitrogen and oxygen atoms in total. The number of rotatable bonds is 1. The first kappa shape index (κ1) is 8.76. The molecule has 2 rings (SSSR count). The van der Waals surface area contributed by atoms with Crippen LogP contribution in [-0.2, 0) is 12.8 Å². The molecule has 1 aliphatic heterocycles. The van der Waals surface area contributed by atoms with Gasteiger partial charge in [0.25, 0.3) is 0 Å². The molecule has 1 aromatic rings. The Morgan fingerprint density at radius 2 is 2.08 bits per heavy atom. The molecule has 0 saturated carbocycles. The van der Waals surface area contributed by atoms with Crippen molar-refractivity contribution in [3.63, 3.8) is 0 Å². The third kappa shape index (κ3) is 1.92. The minimum absolute atomic E-state index is 0.684. The van der Waals surface area contributed by atoms with Gasteiger partial charge in [-0.25, -0.2) is 0 Å². The highest BCUT2D eigenvalue weighted by Crippen LogP contribution is 2.15. The van der Waals surface area contributed by atoms with Gasteiger partial charge in [0, 0.05) is 6.04 Å². The van der Waals surface area contributed by atoms with Crippen molar-refractivity contribution in [1.82, 2.24) is 5.32 Å². The summed E-state index contributed by atoms with van der Waals surface area (Å²) in [5, 5.41) is 3.58. The summed E-state index contributed by atoms with van der Waals surface area (Å²) in [5.74, 6) is 0. The quantitative estimate of drug-likeness (QED) is 0.689. The van der Waals surface area contributed by atoms with E-state index < -0.39 is 0 Å². The molecule has 1 heteroatoms. The van der Waals surface area contributed by atoms with Crippen molar-refractivity contribution in [3.8, 4) is 0 Å². The molecule has 1 atom stereocenters. The summed E-state index contributed by atoms with van der Waals surface area (Å²) in [5.41, 5.74) is 3.07. The summed E-state index contributed by atoms with van der Waals surface area (Å²) < 4.78 is 0. The Balaban J connectivity index is 2.23. The van der Waals surface area contributed by atoms with Gasteiger partial charge in [-0.05, 0) is 36.9 Å². The van der Waals surface area contributed by atoms with E-state index in [1.165, 1.54) is 24.8 Å². The summed E-state index contributed by atoms with van der Waals surface area (Å²) in [6.07, 6.45) is 3.62. The van der Waals surface area contributed by atoms with E-state index in [0.717, 1.165) is 6.54 Å². The van der Waals surface area contributed by atoms with E-state index in [-0.39, 0.29) is 0 Å². The second-order valence-electron chi connectivity index (χ2n) is 3.78. The van der Waals surface area contributed by atoms with Crippen LogP contribution in [0.1, 0.15) is 24.5 Å². The second-order valence-corrected chi connectivity index (χ2v) is 3.78. The number of benzene rings is 1. The van der Waals surface area contributed by atoms with Crippen molar-refractivity contribution in [3.05, 3.63) is 35.4 Å². The third-order valence-corrected chi connectivity index (χ3v) is 2.90. The molecule has 1 heterocycles. The van der Waals surface area contributed by atoms with Crippen molar-refractivity contribution in [1.29, 1.82) is 0 Å². The molecule has 1 aliphatic rings. The molecule has 1 N–H and O–H groups in total. The topological polar surface area (TPSA) is 12.0 Å². The highest BCUT2D eigenvalue weighted by molar-refractivity contribution is 5.29. The predicted molar refractivity (Wildman–Crippen MR) is 55.9 cm³/mol. The largest absolute Gasteiger partial charge is 0.313 e. The van der Waals surface area contributed by atoms with Crippen LogP contribution in [0.4, 0.5) is 0 Å². The maximum absolute atomic E-state index is 3.58. The summed E-state index contributed by atoms with van der Waals surface area (Å²) in [7, 11) is 0. The zero-order valence-electron chi connectivity index (χ0n) is 8.22. The van der Waals surface area contributed by atoms with Gasteiger partial charge in [0.05, 0.1) is 0 Å². The Kier molecular flexibility index (Phi) is 2.65. The molecule has 0 unspecified atom stereocenters. The Bertz CT molecular complexity index is 280. The van der Waals surface area contributed by atoms with E-state index in [0.29, 0.717) is 6.04 Å². The Labute approximate surface area is 80.2 Å². The van der Waals surface area contributed by atoms with Crippen LogP contribution in [0.25, 0.3) is 0 Å². The molecule has 0 aromatic heterocycles. The molecule has 0 saturated heterocycles. The smallest absolute Gasteiger partial charge is 0.0105 e. The van der Waals surface area contributed by atoms with Crippen LogP contribution in [-0.4, -0.2) is 12.6 Å². The standard InChI is InChI=1S/C12H17N/c1-2-12-9-11-6-4-3-5-10(11)7-8-13-12/h3-6,12-13H,2,7-9H2,1H3/t12-/m1/s1. The molecule has 13 heavy (non-hydrogen) atoms. The summed E-state index contributed by atoms with van der Waals surface area (Å²) in [6, 6.07) is 9.51. The lowest BCUT2D eigenvalue weighted by Gasteiger charge is -2.12. The normalized spacial score (nSPS) is 22.1. The maximum atomic E-state index is 3.58. The lowest BCUT2D eigenvalue weighted by molar-refractivity contribution is 0.513. The number of fused-ring (bicyclic) bond motifs is 1. The number of hydrogen-bond donors (Lipinski definition) is 1. The van der Waals surface area contributed by atoms with Crippen LogP contribution < -0.4 is 5.32 Å². The van der Waals surface area contributed by atoms with Crippen molar-refractivity contribution in [2.24, 2.45) is 0 Å². The van der Waals surface area contributed by atoms with Gasteiger partial charge in [-0.2, -0.15) is 0 Å². The Morgan fingerprint density at radius 3 is 2.85 bits per heavy atom. The zero-order chi connectivity index (χ0) is 9.10. The van der Waals surface area contributed by atoms with Crippen LogP contribution in [0.3, 0.4) is 0 Å². The van der Waals surface area contributed by atoms with Gasteiger partial charge < -0.3 is 5.32 Å². The molecule has 0 radical (unpaired) electrons. The lowest BCUT2D eigenvalue weighted by atomic mass is 10.00. The molecule has 0 spiro atoms. The summed E-state index contributed by atoms with van der Waals surface area (Å²) in [6.45, 7) is 3.39. The van der Waals surface area contributed by atoms with Crippen LogP contribution in [0.2, 0.25) is 0 Å². The van der Waals surface area contributed by atoms with Crippen molar-refractivity contribution >= 4 is 0 Å². The van der Waals surface area contributed by atoms with E-state index in [9.17, 15) is 0 Å². The van der Waals surface area contributed by atoms with E-state index in [4.69, 9.17) is 0 Å². The van der Waals surface area contributed by atoms with Crippen molar-refractivity contribution in [2.75, 3.05) is 6.54 Å². The SMILES string of the molecule is CC[C@@H]1Cc2ccccc2CCN1. The zero-order valence-corrected chi connectivity index (χ0v) is 8.22. The Morgan fingerprint density at radius 1 is 1.31 bits per heavy atom. The van der Waals surface area contributed by atoms with Gasteiger partial charge in [-0.1, -0.05) is 31.2 Å². The monoisotopic (exact) mass is 175 g/mol. The minimum Gasteiger partial charge on any atom is -0.313 e. The average molecular weight is 175 g/mol. The maximum Gasteiger partial charge on any atom is 0.0105 e. The van der Waals surface area contributed by atoms with Crippen LogP contribution in [0.15, 0.2) is 24.3 Å².